The van der Waals surface area contributed by atoms with Gasteiger partial charge in [0.25, 0.3) is 0 Å². The topological polar surface area (TPSA) is 53.5 Å². The highest BCUT2D eigenvalue weighted by atomic mass is 15.0. The first-order valence-electron chi connectivity index (χ1n) is 25.4. The molecule has 350 valence electrons. The maximum atomic E-state index is 5.20. The Kier molecular flexibility index (Phi) is 9.78. The first-order chi connectivity index (χ1) is 37.2. The maximum absolute atomic E-state index is 5.20. The lowest BCUT2D eigenvalue weighted by atomic mass is 9.97. The van der Waals surface area contributed by atoms with Crippen LogP contribution in [0.4, 0.5) is 0 Å². The van der Waals surface area contributed by atoms with Crippen molar-refractivity contribution in [1.29, 1.82) is 0 Å². The fraction of sp³-hybridized carbons (Fsp3) is 0. The van der Waals surface area contributed by atoms with E-state index in [1.54, 1.807) is 0 Å². The van der Waals surface area contributed by atoms with Gasteiger partial charge in [-0.3, -0.25) is 0 Å². The normalized spacial score (nSPS) is 11.7. The molecule has 0 N–H and O–H groups in total. The van der Waals surface area contributed by atoms with Gasteiger partial charge in [0.2, 0.25) is 0 Å². The number of fused-ring (bicyclic) bond motifs is 9. The highest BCUT2D eigenvalue weighted by molar-refractivity contribution is 6.14. The SMILES string of the molecule is c1ccc(-c2nc(-c3ccccc3)nc(-c3ccc(-n4c5ccccc5c5ccccc54)c(-c4ccc5c(c4)c4ccc(-c6ccc7c8ccccc8n(-c8ccccc8)c7c6)cc4n5-c4ccccc4)c3)n2)cc1. The number of para-hydroxylation sites is 5. The van der Waals surface area contributed by atoms with Crippen LogP contribution in [0.5, 0.6) is 0 Å². The molecule has 6 heteroatoms. The standard InChI is InChI=1S/C69H44N6/c1-5-19-45(20-6-1)67-70-68(46-21-7-2-8-22-46)72-69(71-67)50-36-40-63(75-61-31-17-14-27-53(61)54-28-15-18-32-62(54)75)58(42-50)49-35-39-64-59(41-49)57-38-34-48(44-66(57)74(64)52-25-11-4-12-26-52)47-33-37-56-55-29-13-16-30-60(55)73(65(56)43-47)51-23-9-3-10-24-51/h1-44H. The van der Waals surface area contributed by atoms with E-state index in [-0.39, 0.29) is 0 Å². The molecule has 4 aromatic heterocycles. The van der Waals surface area contributed by atoms with Crippen LogP contribution in [0, 0.1) is 0 Å². The van der Waals surface area contributed by atoms with Crippen molar-refractivity contribution in [3.05, 3.63) is 267 Å². The Balaban J connectivity index is 0.956. The summed E-state index contributed by atoms with van der Waals surface area (Å²) in [6.07, 6.45) is 0. The molecule has 11 aromatic carbocycles. The number of rotatable bonds is 8. The molecule has 0 saturated heterocycles. The van der Waals surface area contributed by atoms with E-state index >= 15 is 0 Å². The first kappa shape index (κ1) is 42.5. The molecule has 0 aliphatic heterocycles. The van der Waals surface area contributed by atoms with Crippen LogP contribution in [0.1, 0.15) is 0 Å². The largest absolute Gasteiger partial charge is 0.309 e. The van der Waals surface area contributed by atoms with Crippen LogP contribution < -0.4 is 0 Å². The van der Waals surface area contributed by atoms with Gasteiger partial charge in [-0.2, -0.15) is 0 Å². The van der Waals surface area contributed by atoms with E-state index in [4.69, 9.17) is 15.0 Å². The number of aromatic nitrogens is 6. The molecule has 6 nitrogen and oxygen atoms in total. The number of benzene rings is 11. The molecule has 0 unspecified atom stereocenters. The Hall–Kier alpha value is -10.2. The lowest BCUT2D eigenvalue weighted by Crippen LogP contribution is -2.02. The summed E-state index contributed by atoms with van der Waals surface area (Å²) in [4.78, 5) is 15.4. The zero-order chi connectivity index (χ0) is 49.4. The number of hydrogen-bond donors (Lipinski definition) is 0. The summed E-state index contributed by atoms with van der Waals surface area (Å²) in [7, 11) is 0. The fourth-order valence-electron chi connectivity index (χ4n) is 11.4. The van der Waals surface area contributed by atoms with Gasteiger partial charge in [0.05, 0.1) is 38.8 Å². The molecule has 0 saturated carbocycles. The molecule has 0 radical (unpaired) electrons. The fourth-order valence-corrected chi connectivity index (χ4v) is 11.4. The second kappa shape index (κ2) is 17.3. The molecule has 15 rings (SSSR count). The summed E-state index contributed by atoms with van der Waals surface area (Å²) in [5.74, 6) is 1.86. The van der Waals surface area contributed by atoms with Gasteiger partial charge in [-0.1, -0.05) is 182 Å². The third-order valence-electron chi connectivity index (χ3n) is 14.9. The van der Waals surface area contributed by atoms with Crippen molar-refractivity contribution in [2.75, 3.05) is 0 Å². The van der Waals surface area contributed by atoms with E-state index in [9.17, 15) is 0 Å². The summed E-state index contributed by atoms with van der Waals surface area (Å²) < 4.78 is 7.23. The van der Waals surface area contributed by atoms with Crippen molar-refractivity contribution in [1.82, 2.24) is 28.7 Å². The van der Waals surface area contributed by atoms with Crippen LogP contribution in [-0.2, 0) is 0 Å². The second-order valence-electron chi connectivity index (χ2n) is 19.2. The van der Waals surface area contributed by atoms with E-state index in [1.807, 2.05) is 36.4 Å². The molecular formula is C69H44N6. The molecule has 0 bridgehead atoms. The van der Waals surface area contributed by atoms with Crippen LogP contribution in [-0.4, -0.2) is 28.7 Å². The summed E-state index contributed by atoms with van der Waals surface area (Å²) in [5, 5.41) is 7.22. The Bertz CT molecular complexity index is 4580. The zero-order valence-electron chi connectivity index (χ0n) is 40.6. The number of nitrogens with zero attached hydrogens (tertiary/aromatic N) is 6. The summed E-state index contributed by atoms with van der Waals surface area (Å²) >= 11 is 0. The summed E-state index contributed by atoms with van der Waals surface area (Å²) in [6, 6.07) is 95.5. The third kappa shape index (κ3) is 6.99. The molecule has 0 atom stereocenters. The molecule has 0 fully saturated rings. The van der Waals surface area contributed by atoms with Gasteiger partial charge < -0.3 is 13.7 Å². The van der Waals surface area contributed by atoms with Crippen molar-refractivity contribution < 1.29 is 0 Å². The number of hydrogen-bond acceptors (Lipinski definition) is 3. The molecule has 75 heavy (non-hydrogen) atoms. The average molecular weight is 957 g/mol. The van der Waals surface area contributed by atoms with Crippen LogP contribution in [0.2, 0.25) is 0 Å². The van der Waals surface area contributed by atoms with Gasteiger partial charge in [0.15, 0.2) is 17.5 Å². The Labute approximate surface area is 432 Å². The minimum atomic E-state index is 0.606. The van der Waals surface area contributed by atoms with Gasteiger partial charge in [-0.15, -0.1) is 0 Å². The molecule has 0 aliphatic carbocycles. The quantitative estimate of drug-likeness (QED) is 0.152. The smallest absolute Gasteiger partial charge is 0.164 e. The van der Waals surface area contributed by atoms with Crippen molar-refractivity contribution >= 4 is 65.4 Å². The average Bonchev–Trinajstić information content (AvgIpc) is 4.13. The molecular weight excluding hydrogens is 913 g/mol. The van der Waals surface area contributed by atoms with E-state index in [0.29, 0.717) is 17.5 Å². The third-order valence-corrected chi connectivity index (χ3v) is 14.9. The highest BCUT2D eigenvalue weighted by Gasteiger charge is 2.22. The highest BCUT2D eigenvalue weighted by Crippen LogP contribution is 2.43. The van der Waals surface area contributed by atoms with Crippen LogP contribution >= 0.6 is 0 Å². The molecule has 0 aliphatic rings. The predicted octanol–water partition coefficient (Wildman–Crippen LogP) is 17.5. The van der Waals surface area contributed by atoms with Crippen LogP contribution in [0.25, 0.3) is 139 Å². The zero-order valence-corrected chi connectivity index (χ0v) is 40.6. The van der Waals surface area contributed by atoms with E-state index in [1.165, 1.54) is 38.0 Å². The summed E-state index contributed by atoms with van der Waals surface area (Å²) in [6.45, 7) is 0. The van der Waals surface area contributed by atoms with Crippen molar-refractivity contribution in [3.63, 3.8) is 0 Å². The molecule has 0 amide bonds. The summed E-state index contributed by atoms with van der Waals surface area (Å²) in [5.41, 5.74) is 17.4. The van der Waals surface area contributed by atoms with E-state index in [2.05, 4.69) is 244 Å². The van der Waals surface area contributed by atoms with E-state index < -0.39 is 0 Å². The van der Waals surface area contributed by atoms with Gasteiger partial charge in [0, 0.05) is 65.9 Å². The molecule has 4 heterocycles. The lowest BCUT2D eigenvalue weighted by molar-refractivity contribution is 1.07. The minimum absolute atomic E-state index is 0.606. The van der Waals surface area contributed by atoms with Crippen LogP contribution in [0.3, 0.4) is 0 Å². The van der Waals surface area contributed by atoms with E-state index in [0.717, 1.165) is 83.5 Å². The van der Waals surface area contributed by atoms with Gasteiger partial charge in [-0.25, -0.2) is 15.0 Å². The Morgan fingerprint density at radius 3 is 1.09 bits per heavy atom. The molecule has 15 aromatic rings. The monoisotopic (exact) mass is 956 g/mol. The predicted molar refractivity (Wildman–Crippen MR) is 310 cm³/mol. The molecule has 0 spiro atoms. The van der Waals surface area contributed by atoms with Crippen LogP contribution in [0.15, 0.2) is 267 Å². The first-order valence-corrected chi connectivity index (χ1v) is 25.4. The Morgan fingerprint density at radius 1 is 0.213 bits per heavy atom. The van der Waals surface area contributed by atoms with Gasteiger partial charge in [-0.05, 0) is 102 Å². The second-order valence-corrected chi connectivity index (χ2v) is 19.2. The van der Waals surface area contributed by atoms with Crippen molar-refractivity contribution in [2.24, 2.45) is 0 Å². The van der Waals surface area contributed by atoms with Crippen molar-refractivity contribution in [2.45, 2.75) is 0 Å². The lowest BCUT2D eigenvalue weighted by Gasteiger charge is -2.16. The Morgan fingerprint density at radius 2 is 0.587 bits per heavy atom. The maximum Gasteiger partial charge on any atom is 0.164 e. The van der Waals surface area contributed by atoms with Gasteiger partial charge >= 0.3 is 0 Å². The van der Waals surface area contributed by atoms with Gasteiger partial charge in [0.1, 0.15) is 0 Å². The minimum Gasteiger partial charge on any atom is -0.309 e. The van der Waals surface area contributed by atoms with Crippen molar-refractivity contribution in [3.8, 4) is 73.5 Å².